The number of nitrogens with zero attached hydrogens (tertiary/aromatic N) is 1. The van der Waals surface area contributed by atoms with Crippen molar-refractivity contribution in [3.05, 3.63) is 64.2 Å². The number of oxime groups is 1. The lowest BCUT2D eigenvalue weighted by Crippen LogP contribution is -2.17. The van der Waals surface area contributed by atoms with E-state index in [4.69, 9.17) is 16.4 Å². The molecule has 0 unspecified atom stereocenters. The number of carbonyl (C=O) groups excluding carboxylic acids is 1. The summed E-state index contributed by atoms with van der Waals surface area (Å²) < 4.78 is 0. The Labute approximate surface area is 153 Å². The summed E-state index contributed by atoms with van der Waals surface area (Å²) in [5.41, 5.74) is 3.88. The monoisotopic (exact) mass is 358 g/mol. The van der Waals surface area contributed by atoms with Crippen LogP contribution in [0.25, 0.3) is 0 Å². The third kappa shape index (κ3) is 5.91. The minimum atomic E-state index is -0.286. The van der Waals surface area contributed by atoms with E-state index in [0.717, 1.165) is 11.1 Å². The topological polar surface area (TPSA) is 50.7 Å². The molecule has 0 saturated heterocycles. The fourth-order valence-corrected chi connectivity index (χ4v) is 2.35. The molecule has 0 radical (unpaired) electrons. The van der Waals surface area contributed by atoms with Crippen LogP contribution in [-0.2, 0) is 15.0 Å². The quantitative estimate of drug-likeness (QED) is 0.608. The zero-order valence-electron chi connectivity index (χ0n) is 15.0. The van der Waals surface area contributed by atoms with Crippen molar-refractivity contribution in [3.8, 4) is 0 Å². The van der Waals surface area contributed by atoms with Crippen LogP contribution >= 0.6 is 11.6 Å². The maximum atomic E-state index is 11.9. The van der Waals surface area contributed by atoms with Crippen molar-refractivity contribution in [1.29, 1.82) is 0 Å². The minimum absolute atomic E-state index is 0.114. The summed E-state index contributed by atoms with van der Waals surface area (Å²) in [6.07, 6.45) is 1.59. The Balaban J connectivity index is 1.84. The second-order valence-corrected chi connectivity index (χ2v) is 7.32. The highest BCUT2D eigenvalue weighted by atomic mass is 35.5. The molecule has 1 amide bonds. The van der Waals surface area contributed by atoms with Crippen molar-refractivity contribution in [1.82, 2.24) is 0 Å². The number of benzene rings is 2. The first-order chi connectivity index (χ1) is 11.8. The molecule has 5 heteroatoms. The van der Waals surface area contributed by atoms with E-state index >= 15 is 0 Å². The Morgan fingerprint density at radius 1 is 1.20 bits per heavy atom. The Kier molecular flexibility index (Phi) is 6.21. The third-order valence-corrected chi connectivity index (χ3v) is 3.96. The molecule has 132 valence electrons. The Morgan fingerprint density at radius 3 is 2.52 bits per heavy atom. The van der Waals surface area contributed by atoms with E-state index < -0.39 is 0 Å². The highest BCUT2D eigenvalue weighted by Gasteiger charge is 2.12. The zero-order valence-corrected chi connectivity index (χ0v) is 15.7. The van der Waals surface area contributed by atoms with Crippen LogP contribution in [-0.4, -0.2) is 18.7 Å². The first-order valence-corrected chi connectivity index (χ1v) is 8.45. The summed E-state index contributed by atoms with van der Waals surface area (Å²) in [7, 11) is 0. The number of anilines is 1. The van der Waals surface area contributed by atoms with Crippen molar-refractivity contribution in [2.75, 3.05) is 11.9 Å². The normalized spacial score (nSPS) is 11.6. The van der Waals surface area contributed by atoms with Gasteiger partial charge in [0.05, 0.1) is 6.21 Å². The van der Waals surface area contributed by atoms with Gasteiger partial charge >= 0.3 is 0 Å². The Bertz CT molecular complexity index is 762. The SMILES string of the molecule is Cc1ccc(Cl)cc1NC(=O)CON=Cc1ccc(C(C)(C)C)cc1. The zero-order chi connectivity index (χ0) is 18.4. The number of carbonyl (C=O) groups is 1. The summed E-state index contributed by atoms with van der Waals surface area (Å²) >= 11 is 5.93. The molecule has 0 fully saturated rings. The molecule has 0 atom stereocenters. The first kappa shape index (κ1) is 19.0. The van der Waals surface area contributed by atoms with Gasteiger partial charge < -0.3 is 10.2 Å². The summed E-state index contributed by atoms with van der Waals surface area (Å²) in [4.78, 5) is 17.0. The first-order valence-electron chi connectivity index (χ1n) is 8.07. The largest absolute Gasteiger partial charge is 0.386 e. The molecule has 0 aromatic heterocycles. The lowest BCUT2D eigenvalue weighted by molar-refractivity contribution is -0.120. The predicted molar refractivity (Wildman–Crippen MR) is 104 cm³/mol. The molecule has 4 nitrogen and oxygen atoms in total. The van der Waals surface area contributed by atoms with Gasteiger partial charge in [-0.1, -0.05) is 67.9 Å². The molecule has 25 heavy (non-hydrogen) atoms. The van der Waals surface area contributed by atoms with Gasteiger partial charge in [-0.05, 0) is 41.2 Å². The minimum Gasteiger partial charge on any atom is -0.386 e. The number of amides is 1. The van der Waals surface area contributed by atoms with Gasteiger partial charge in [-0.25, -0.2) is 0 Å². The lowest BCUT2D eigenvalue weighted by atomic mass is 9.87. The van der Waals surface area contributed by atoms with Crippen LogP contribution in [0.1, 0.15) is 37.5 Å². The smallest absolute Gasteiger partial charge is 0.265 e. The van der Waals surface area contributed by atoms with Crippen molar-refractivity contribution >= 4 is 29.4 Å². The fraction of sp³-hybridized carbons (Fsp3) is 0.300. The molecule has 2 aromatic carbocycles. The maximum Gasteiger partial charge on any atom is 0.265 e. The van der Waals surface area contributed by atoms with Crippen molar-refractivity contribution in [3.63, 3.8) is 0 Å². The van der Waals surface area contributed by atoms with Gasteiger partial charge in [-0.3, -0.25) is 4.79 Å². The van der Waals surface area contributed by atoms with Gasteiger partial charge in [0.2, 0.25) is 0 Å². The molecule has 0 heterocycles. The second-order valence-electron chi connectivity index (χ2n) is 6.89. The van der Waals surface area contributed by atoms with E-state index in [0.29, 0.717) is 10.7 Å². The summed E-state index contributed by atoms with van der Waals surface area (Å²) in [5, 5.41) is 7.16. The van der Waals surface area contributed by atoms with Crippen LogP contribution in [0.15, 0.2) is 47.6 Å². The third-order valence-electron chi connectivity index (χ3n) is 3.72. The van der Waals surface area contributed by atoms with Crippen LogP contribution in [0.3, 0.4) is 0 Å². The standard InChI is InChI=1S/C20H23ClN2O2/c1-14-5-10-17(21)11-18(14)23-19(24)13-25-22-12-15-6-8-16(9-7-15)20(2,3)4/h5-12H,13H2,1-4H3,(H,23,24). The number of aryl methyl sites for hydroxylation is 1. The number of hydrogen-bond acceptors (Lipinski definition) is 3. The van der Waals surface area contributed by atoms with Gasteiger partial charge in [-0.2, -0.15) is 0 Å². The molecule has 0 aliphatic carbocycles. The van der Waals surface area contributed by atoms with Crippen molar-refractivity contribution in [2.45, 2.75) is 33.1 Å². The summed E-state index contributed by atoms with van der Waals surface area (Å²) in [6, 6.07) is 13.4. The molecular formula is C20H23ClN2O2. The van der Waals surface area contributed by atoms with Gasteiger partial charge in [0.1, 0.15) is 0 Å². The molecule has 0 bridgehead atoms. The van der Waals surface area contributed by atoms with Crippen molar-refractivity contribution < 1.29 is 9.63 Å². The van der Waals surface area contributed by atoms with Crippen LogP contribution in [0.2, 0.25) is 5.02 Å². The van der Waals surface area contributed by atoms with E-state index in [2.05, 4.69) is 43.4 Å². The van der Waals surface area contributed by atoms with Gasteiger partial charge in [0, 0.05) is 10.7 Å². The van der Waals surface area contributed by atoms with E-state index in [1.54, 1.807) is 18.3 Å². The van der Waals surface area contributed by atoms with Gasteiger partial charge in [0.25, 0.3) is 5.91 Å². The average molecular weight is 359 g/mol. The lowest BCUT2D eigenvalue weighted by Gasteiger charge is -2.18. The molecule has 0 saturated carbocycles. The Hall–Kier alpha value is -2.33. The number of hydrogen-bond donors (Lipinski definition) is 1. The molecule has 2 rings (SSSR count). The molecule has 1 N–H and O–H groups in total. The average Bonchev–Trinajstić information content (AvgIpc) is 2.55. The van der Waals surface area contributed by atoms with Crippen molar-refractivity contribution in [2.24, 2.45) is 5.16 Å². The van der Waals surface area contributed by atoms with E-state index in [-0.39, 0.29) is 17.9 Å². The second kappa shape index (κ2) is 8.17. The molecule has 0 aliphatic heterocycles. The maximum absolute atomic E-state index is 11.9. The van der Waals surface area contributed by atoms with E-state index in [1.165, 1.54) is 5.56 Å². The van der Waals surface area contributed by atoms with Crippen LogP contribution < -0.4 is 5.32 Å². The highest BCUT2D eigenvalue weighted by molar-refractivity contribution is 6.31. The number of nitrogens with one attached hydrogen (secondary N) is 1. The van der Waals surface area contributed by atoms with E-state index in [1.807, 2.05) is 25.1 Å². The fourth-order valence-electron chi connectivity index (χ4n) is 2.18. The molecule has 0 spiro atoms. The van der Waals surface area contributed by atoms with Crippen LogP contribution in [0.4, 0.5) is 5.69 Å². The predicted octanol–water partition coefficient (Wildman–Crippen LogP) is 4.94. The number of halogens is 1. The number of rotatable bonds is 5. The van der Waals surface area contributed by atoms with E-state index in [9.17, 15) is 4.79 Å². The summed E-state index contributed by atoms with van der Waals surface area (Å²) in [6.45, 7) is 8.23. The van der Waals surface area contributed by atoms with Crippen LogP contribution in [0, 0.1) is 6.92 Å². The molecule has 2 aromatic rings. The van der Waals surface area contributed by atoms with Gasteiger partial charge in [0.15, 0.2) is 6.61 Å². The Morgan fingerprint density at radius 2 is 1.88 bits per heavy atom. The van der Waals surface area contributed by atoms with Gasteiger partial charge in [-0.15, -0.1) is 0 Å². The highest BCUT2D eigenvalue weighted by Crippen LogP contribution is 2.22. The summed E-state index contributed by atoms with van der Waals surface area (Å²) in [5.74, 6) is -0.286. The molecular weight excluding hydrogens is 336 g/mol. The van der Waals surface area contributed by atoms with Crippen LogP contribution in [0.5, 0.6) is 0 Å². The molecule has 0 aliphatic rings.